The quantitative estimate of drug-likeness (QED) is 0.557. The number of fused-ring (bicyclic) bond motifs is 1. The first-order chi connectivity index (χ1) is 10.3. The van der Waals surface area contributed by atoms with Crippen molar-refractivity contribution in [1.82, 2.24) is 19.5 Å². The molecule has 0 unspecified atom stereocenters. The standard InChI is InChI=1S/C15H9ClN4S/c16-11-3-1-10(2-4-11)12-7-21-15-13(12)14(18-8-19-15)20-6-5-17-9-20/h1-9H. The van der Waals surface area contributed by atoms with Crippen molar-refractivity contribution in [2.45, 2.75) is 0 Å². The van der Waals surface area contributed by atoms with Gasteiger partial charge in [0.1, 0.15) is 17.5 Å². The van der Waals surface area contributed by atoms with Crippen molar-refractivity contribution in [2.75, 3.05) is 0 Å². The molecule has 0 bridgehead atoms. The maximum absolute atomic E-state index is 5.97. The first kappa shape index (κ1) is 12.5. The molecule has 0 aliphatic heterocycles. The van der Waals surface area contributed by atoms with Gasteiger partial charge in [0.15, 0.2) is 5.82 Å². The van der Waals surface area contributed by atoms with Gasteiger partial charge in [0.05, 0.1) is 5.39 Å². The summed E-state index contributed by atoms with van der Waals surface area (Å²) in [4.78, 5) is 13.8. The molecule has 0 atom stereocenters. The molecule has 3 heterocycles. The Hall–Kier alpha value is -2.24. The number of nitrogens with zero attached hydrogens (tertiary/aromatic N) is 4. The van der Waals surface area contributed by atoms with Crippen LogP contribution in [0.4, 0.5) is 0 Å². The van der Waals surface area contributed by atoms with Crippen molar-refractivity contribution < 1.29 is 0 Å². The summed E-state index contributed by atoms with van der Waals surface area (Å²) in [5.74, 6) is 0.837. The molecule has 21 heavy (non-hydrogen) atoms. The highest BCUT2D eigenvalue weighted by Gasteiger charge is 2.14. The highest BCUT2D eigenvalue weighted by Crippen LogP contribution is 2.35. The minimum atomic E-state index is 0.726. The molecule has 0 amide bonds. The molecule has 4 aromatic rings. The lowest BCUT2D eigenvalue weighted by Crippen LogP contribution is -1.96. The molecule has 4 nitrogen and oxygen atoms in total. The summed E-state index contributed by atoms with van der Waals surface area (Å²) in [6.07, 6.45) is 6.94. The van der Waals surface area contributed by atoms with Gasteiger partial charge in [-0.25, -0.2) is 15.0 Å². The molecule has 102 valence electrons. The number of rotatable bonds is 2. The largest absolute Gasteiger partial charge is 0.290 e. The average Bonchev–Trinajstić information content (AvgIpc) is 3.17. The van der Waals surface area contributed by atoms with Gasteiger partial charge in [0.2, 0.25) is 0 Å². The van der Waals surface area contributed by atoms with Gasteiger partial charge < -0.3 is 0 Å². The van der Waals surface area contributed by atoms with E-state index in [1.54, 1.807) is 30.2 Å². The summed E-state index contributed by atoms with van der Waals surface area (Å²) in [5.41, 5.74) is 2.21. The maximum Gasteiger partial charge on any atom is 0.150 e. The zero-order valence-electron chi connectivity index (χ0n) is 10.8. The summed E-state index contributed by atoms with van der Waals surface area (Å²) in [5, 5.41) is 3.86. The minimum absolute atomic E-state index is 0.726. The second-order valence-corrected chi connectivity index (χ2v) is 5.80. The van der Waals surface area contributed by atoms with Gasteiger partial charge in [-0.05, 0) is 17.7 Å². The van der Waals surface area contributed by atoms with E-state index in [-0.39, 0.29) is 0 Å². The molecular formula is C15H9ClN4S. The fourth-order valence-electron chi connectivity index (χ4n) is 2.28. The number of halogens is 1. The van der Waals surface area contributed by atoms with Crippen molar-refractivity contribution in [3.63, 3.8) is 0 Å². The van der Waals surface area contributed by atoms with Crippen molar-refractivity contribution in [1.29, 1.82) is 0 Å². The Labute approximate surface area is 129 Å². The van der Waals surface area contributed by atoms with Gasteiger partial charge in [0.25, 0.3) is 0 Å². The molecule has 0 aliphatic carbocycles. The van der Waals surface area contributed by atoms with Crippen LogP contribution < -0.4 is 0 Å². The summed E-state index contributed by atoms with van der Waals surface area (Å²) >= 11 is 7.58. The molecule has 0 aliphatic rings. The first-order valence-corrected chi connectivity index (χ1v) is 7.55. The van der Waals surface area contributed by atoms with E-state index in [4.69, 9.17) is 11.6 Å². The van der Waals surface area contributed by atoms with Gasteiger partial charge in [-0.2, -0.15) is 0 Å². The van der Waals surface area contributed by atoms with E-state index in [0.29, 0.717) is 0 Å². The Morgan fingerprint density at radius 1 is 1.10 bits per heavy atom. The smallest absolute Gasteiger partial charge is 0.150 e. The number of imidazole rings is 1. The van der Waals surface area contributed by atoms with E-state index in [9.17, 15) is 0 Å². The normalized spacial score (nSPS) is 11.1. The molecule has 0 spiro atoms. The minimum Gasteiger partial charge on any atom is -0.290 e. The summed E-state index contributed by atoms with van der Waals surface area (Å²) in [6, 6.07) is 7.80. The number of aromatic nitrogens is 4. The number of benzene rings is 1. The monoisotopic (exact) mass is 312 g/mol. The lowest BCUT2D eigenvalue weighted by atomic mass is 10.1. The van der Waals surface area contributed by atoms with Gasteiger partial charge in [0, 0.05) is 28.4 Å². The molecule has 4 rings (SSSR count). The van der Waals surface area contributed by atoms with E-state index in [1.165, 1.54) is 0 Å². The summed E-state index contributed by atoms with van der Waals surface area (Å²) in [7, 11) is 0. The third kappa shape index (κ3) is 2.11. The third-order valence-corrected chi connectivity index (χ3v) is 4.39. The van der Waals surface area contributed by atoms with Crippen molar-refractivity contribution in [3.05, 3.63) is 59.7 Å². The lowest BCUT2D eigenvalue weighted by molar-refractivity contribution is 0.995. The Balaban J connectivity index is 2.00. The Morgan fingerprint density at radius 3 is 2.71 bits per heavy atom. The van der Waals surface area contributed by atoms with Crippen LogP contribution in [0.5, 0.6) is 0 Å². The van der Waals surface area contributed by atoms with E-state index in [0.717, 1.165) is 32.2 Å². The van der Waals surface area contributed by atoms with Crippen LogP contribution in [0.3, 0.4) is 0 Å². The maximum atomic E-state index is 5.97. The molecule has 0 fully saturated rings. The topological polar surface area (TPSA) is 43.6 Å². The predicted molar refractivity (Wildman–Crippen MR) is 85.0 cm³/mol. The van der Waals surface area contributed by atoms with Crippen LogP contribution in [-0.4, -0.2) is 19.5 Å². The van der Waals surface area contributed by atoms with Crippen LogP contribution in [0.25, 0.3) is 27.2 Å². The molecule has 0 saturated heterocycles. The van der Waals surface area contributed by atoms with Crippen molar-refractivity contribution in [3.8, 4) is 16.9 Å². The zero-order valence-corrected chi connectivity index (χ0v) is 12.3. The lowest BCUT2D eigenvalue weighted by Gasteiger charge is -2.05. The highest BCUT2D eigenvalue weighted by atomic mass is 35.5. The SMILES string of the molecule is Clc1ccc(-c2csc3ncnc(-n4ccnc4)c23)cc1. The molecular weight excluding hydrogens is 304 g/mol. The number of hydrogen-bond donors (Lipinski definition) is 0. The van der Waals surface area contributed by atoms with Crippen LogP contribution in [0.1, 0.15) is 0 Å². The predicted octanol–water partition coefficient (Wildman–Crippen LogP) is 4.20. The first-order valence-electron chi connectivity index (χ1n) is 6.29. The van der Waals surface area contributed by atoms with Gasteiger partial charge in [-0.15, -0.1) is 11.3 Å². The van der Waals surface area contributed by atoms with Crippen molar-refractivity contribution in [2.24, 2.45) is 0 Å². The second kappa shape index (κ2) is 4.95. The van der Waals surface area contributed by atoms with Crippen LogP contribution in [0.15, 0.2) is 54.7 Å². The fourth-order valence-corrected chi connectivity index (χ4v) is 3.32. The van der Waals surface area contributed by atoms with E-state index in [2.05, 4.69) is 20.3 Å². The van der Waals surface area contributed by atoms with E-state index < -0.39 is 0 Å². The van der Waals surface area contributed by atoms with Crippen LogP contribution >= 0.6 is 22.9 Å². The van der Waals surface area contributed by atoms with Gasteiger partial charge >= 0.3 is 0 Å². The third-order valence-electron chi connectivity index (χ3n) is 3.25. The van der Waals surface area contributed by atoms with Crippen LogP contribution in [0, 0.1) is 0 Å². The molecule has 6 heteroatoms. The summed E-state index contributed by atoms with van der Waals surface area (Å²) in [6.45, 7) is 0. The van der Waals surface area contributed by atoms with Gasteiger partial charge in [-0.3, -0.25) is 4.57 Å². The molecule has 0 radical (unpaired) electrons. The van der Waals surface area contributed by atoms with Crippen molar-refractivity contribution >= 4 is 33.2 Å². The van der Waals surface area contributed by atoms with E-state index in [1.807, 2.05) is 35.0 Å². The van der Waals surface area contributed by atoms with E-state index >= 15 is 0 Å². The molecule has 1 aromatic carbocycles. The second-order valence-electron chi connectivity index (χ2n) is 4.50. The molecule has 0 saturated carbocycles. The number of hydrogen-bond acceptors (Lipinski definition) is 4. The average molecular weight is 313 g/mol. The number of thiophene rings is 1. The Bertz CT molecular complexity index is 897. The fraction of sp³-hybridized carbons (Fsp3) is 0. The van der Waals surface area contributed by atoms with Crippen LogP contribution in [0.2, 0.25) is 5.02 Å². The summed E-state index contributed by atoms with van der Waals surface area (Å²) < 4.78 is 1.90. The molecule has 0 N–H and O–H groups in total. The molecule has 3 aromatic heterocycles. The zero-order chi connectivity index (χ0) is 14.2. The Kier molecular flexibility index (Phi) is 2.94. The van der Waals surface area contributed by atoms with Crippen LogP contribution in [-0.2, 0) is 0 Å². The Morgan fingerprint density at radius 2 is 1.95 bits per heavy atom. The highest BCUT2D eigenvalue weighted by molar-refractivity contribution is 7.17. The van der Waals surface area contributed by atoms with Gasteiger partial charge in [-0.1, -0.05) is 23.7 Å².